The fraction of sp³-hybridized carbons (Fsp3) is 0.167. The van der Waals surface area contributed by atoms with E-state index in [4.69, 9.17) is 5.73 Å². The summed E-state index contributed by atoms with van der Waals surface area (Å²) in [5, 5.41) is 5.13. The van der Waals surface area contributed by atoms with Crippen LogP contribution in [0.15, 0.2) is 28.7 Å². The number of amidine groups is 1. The molecule has 2 aliphatic rings. The summed E-state index contributed by atoms with van der Waals surface area (Å²) in [5.41, 5.74) is 6.25. The van der Waals surface area contributed by atoms with Crippen molar-refractivity contribution in [1.29, 1.82) is 0 Å². The summed E-state index contributed by atoms with van der Waals surface area (Å²) in [4.78, 5) is 3.62. The van der Waals surface area contributed by atoms with Crippen LogP contribution in [0.3, 0.4) is 0 Å². The molecule has 1 unspecified atom stereocenters. The predicted molar refractivity (Wildman–Crippen MR) is 39.0 cm³/mol. The summed E-state index contributed by atoms with van der Waals surface area (Å²) in [6.07, 6.45) is 2.48. The van der Waals surface area contributed by atoms with Gasteiger partial charge in [-0.25, -0.2) is 4.99 Å². The lowest BCUT2D eigenvalue weighted by Gasteiger charge is -2.16. The number of rotatable bonds is 0. The molecule has 0 spiro atoms. The van der Waals surface area contributed by atoms with Gasteiger partial charge >= 0.3 is 0 Å². The standard InChI is InChI=1S/C6H7FN4/c7-6-10-4(8)3-1-2-9-5(3)11-6/h1-2,5,9H,8H2,(H,10,11). The van der Waals surface area contributed by atoms with Crippen LogP contribution >= 0.6 is 0 Å². The smallest absolute Gasteiger partial charge is 0.285 e. The van der Waals surface area contributed by atoms with Crippen molar-refractivity contribution in [2.45, 2.75) is 6.17 Å². The minimum Gasteiger partial charge on any atom is -0.385 e. The third-order valence-electron chi connectivity index (χ3n) is 1.60. The van der Waals surface area contributed by atoms with E-state index in [1.807, 2.05) is 0 Å². The second kappa shape index (κ2) is 1.98. The number of halogens is 1. The van der Waals surface area contributed by atoms with Crippen molar-refractivity contribution in [1.82, 2.24) is 10.6 Å². The Labute approximate surface area is 62.7 Å². The van der Waals surface area contributed by atoms with E-state index in [0.717, 1.165) is 5.57 Å². The highest BCUT2D eigenvalue weighted by molar-refractivity contribution is 5.76. The molecule has 11 heavy (non-hydrogen) atoms. The zero-order valence-electron chi connectivity index (χ0n) is 5.63. The zero-order chi connectivity index (χ0) is 7.84. The molecule has 0 radical (unpaired) electrons. The maximum absolute atomic E-state index is 12.5. The molecule has 0 aliphatic carbocycles. The van der Waals surface area contributed by atoms with E-state index in [1.165, 1.54) is 0 Å². The van der Waals surface area contributed by atoms with Crippen molar-refractivity contribution in [2.24, 2.45) is 10.7 Å². The van der Waals surface area contributed by atoms with Crippen LogP contribution in [-0.4, -0.2) is 12.3 Å². The topological polar surface area (TPSA) is 62.4 Å². The molecule has 5 heteroatoms. The largest absolute Gasteiger partial charge is 0.385 e. The molecule has 2 heterocycles. The van der Waals surface area contributed by atoms with E-state index in [-0.39, 0.29) is 6.17 Å². The first kappa shape index (κ1) is 6.21. The average Bonchev–Trinajstić information content (AvgIpc) is 2.34. The van der Waals surface area contributed by atoms with Crippen molar-refractivity contribution in [3.8, 4) is 0 Å². The Bertz CT molecular complexity index is 278. The first-order valence-electron chi connectivity index (χ1n) is 3.20. The van der Waals surface area contributed by atoms with Gasteiger partial charge in [-0.3, -0.25) is 0 Å². The van der Waals surface area contributed by atoms with Gasteiger partial charge in [0.25, 0.3) is 6.09 Å². The van der Waals surface area contributed by atoms with Gasteiger partial charge in [-0.2, -0.15) is 4.39 Å². The first-order valence-corrected chi connectivity index (χ1v) is 3.20. The van der Waals surface area contributed by atoms with Crippen molar-refractivity contribution in [3.05, 3.63) is 23.7 Å². The highest BCUT2D eigenvalue weighted by atomic mass is 19.1. The lowest BCUT2D eigenvalue weighted by molar-refractivity contribution is 0.644. The Morgan fingerprint density at radius 1 is 1.64 bits per heavy atom. The van der Waals surface area contributed by atoms with Gasteiger partial charge in [-0.15, -0.1) is 0 Å². The Balaban J connectivity index is 2.36. The lowest BCUT2D eigenvalue weighted by Crippen LogP contribution is -2.36. The van der Waals surface area contributed by atoms with E-state index in [9.17, 15) is 4.39 Å². The van der Waals surface area contributed by atoms with Crippen LogP contribution in [0.1, 0.15) is 0 Å². The van der Waals surface area contributed by atoms with Crippen molar-refractivity contribution in [2.75, 3.05) is 0 Å². The van der Waals surface area contributed by atoms with Gasteiger partial charge in [0, 0.05) is 5.57 Å². The monoisotopic (exact) mass is 154 g/mol. The average molecular weight is 154 g/mol. The molecule has 0 amide bonds. The number of nitrogens with zero attached hydrogens (tertiary/aromatic N) is 1. The number of hydrogen-bond donors (Lipinski definition) is 3. The first-order chi connectivity index (χ1) is 5.27. The number of aliphatic imine (C=N–C) groups is 1. The normalized spacial score (nSPS) is 27.4. The van der Waals surface area contributed by atoms with Crippen LogP contribution in [0.25, 0.3) is 0 Å². The highest BCUT2D eigenvalue weighted by Gasteiger charge is 2.23. The molecule has 2 rings (SSSR count). The van der Waals surface area contributed by atoms with E-state index in [0.29, 0.717) is 5.82 Å². The molecule has 0 saturated carbocycles. The lowest BCUT2D eigenvalue weighted by atomic mass is 10.2. The van der Waals surface area contributed by atoms with E-state index < -0.39 is 6.09 Å². The SMILES string of the molecule is NC1=C2C=CNC2N=C(F)N1. The Hall–Kier alpha value is -1.52. The van der Waals surface area contributed by atoms with Crippen LogP contribution in [0.5, 0.6) is 0 Å². The maximum Gasteiger partial charge on any atom is 0.285 e. The van der Waals surface area contributed by atoms with Gasteiger partial charge in [0.2, 0.25) is 0 Å². The van der Waals surface area contributed by atoms with Gasteiger partial charge < -0.3 is 16.4 Å². The number of fused-ring (bicyclic) bond motifs is 1. The Kier molecular flexibility index (Phi) is 1.12. The molecule has 0 aromatic rings. The van der Waals surface area contributed by atoms with E-state index >= 15 is 0 Å². The van der Waals surface area contributed by atoms with Crippen LogP contribution in [0.4, 0.5) is 4.39 Å². The minimum absolute atomic E-state index is 0.323. The van der Waals surface area contributed by atoms with Gasteiger partial charge in [0.1, 0.15) is 5.82 Å². The molecule has 4 nitrogen and oxygen atoms in total. The van der Waals surface area contributed by atoms with Crippen molar-refractivity contribution >= 4 is 6.09 Å². The van der Waals surface area contributed by atoms with Crippen molar-refractivity contribution < 1.29 is 4.39 Å². The number of hydrogen-bond acceptors (Lipinski definition) is 4. The molecule has 0 fully saturated rings. The molecular formula is C6H7FN4. The number of nitrogens with two attached hydrogens (primary N) is 1. The third kappa shape index (κ3) is 0.849. The summed E-state index contributed by atoms with van der Waals surface area (Å²) < 4.78 is 12.5. The fourth-order valence-electron chi connectivity index (χ4n) is 1.08. The minimum atomic E-state index is -0.646. The maximum atomic E-state index is 12.5. The van der Waals surface area contributed by atoms with Crippen LogP contribution in [0, 0.1) is 0 Å². The van der Waals surface area contributed by atoms with Crippen LogP contribution in [0.2, 0.25) is 0 Å². The van der Waals surface area contributed by atoms with E-state index in [1.54, 1.807) is 12.3 Å². The fourth-order valence-corrected chi connectivity index (χ4v) is 1.08. The molecule has 2 aliphatic heterocycles. The molecular weight excluding hydrogens is 147 g/mol. The van der Waals surface area contributed by atoms with Gasteiger partial charge in [-0.1, -0.05) is 0 Å². The van der Waals surface area contributed by atoms with Gasteiger partial charge in [0.05, 0.1) is 0 Å². The molecule has 0 bridgehead atoms. The highest BCUT2D eigenvalue weighted by Crippen LogP contribution is 2.16. The zero-order valence-corrected chi connectivity index (χ0v) is 5.63. The molecule has 0 aromatic heterocycles. The molecule has 1 atom stereocenters. The van der Waals surface area contributed by atoms with Crippen LogP contribution in [-0.2, 0) is 0 Å². The molecule has 0 aromatic carbocycles. The second-order valence-corrected chi connectivity index (χ2v) is 2.32. The second-order valence-electron chi connectivity index (χ2n) is 2.32. The molecule has 4 N–H and O–H groups in total. The Morgan fingerprint density at radius 3 is 3.27 bits per heavy atom. The van der Waals surface area contributed by atoms with Crippen LogP contribution < -0.4 is 16.4 Å². The third-order valence-corrected chi connectivity index (χ3v) is 1.60. The predicted octanol–water partition coefficient (Wildman–Crippen LogP) is -0.472. The number of nitrogens with one attached hydrogen (secondary N) is 2. The quantitative estimate of drug-likeness (QED) is 0.413. The molecule has 0 saturated heterocycles. The van der Waals surface area contributed by atoms with Crippen molar-refractivity contribution in [3.63, 3.8) is 0 Å². The van der Waals surface area contributed by atoms with E-state index in [2.05, 4.69) is 15.6 Å². The summed E-state index contributed by atoms with van der Waals surface area (Å²) in [5.74, 6) is 0.323. The summed E-state index contributed by atoms with van der Waals surface area (Å²) in [6, 6.07) is 0. The summed E-state index contributed by atoms with van der Waals surface area (Å²) >= 11 is 0. The van der Waals surface area contributed by atoms with Gasteiger partial charge in [-0.05, 0) is 12.3 Å². The van der Waals surface area contributed by atoms with Gasteiger partial charge in [0.15, 0.2) is 6.17 Å². The molecule has 58 valence electrons. The summed E-state index contributed by atoms with van der Waals surface area (Å²) in [6.45, 7) is 0. The Morgan fingerprint density at radius 2 is 2.45 bits per heavy atom. The summed E-state index contributed by atoms with van der Waals surface area (Å²) in [7, 11) is 0.